The van der Waals surface area contributed by atoms with Gasteiger partial charge in [0.05, 0.1) is 12.6 Å². The summed E-state index contributed by atoms with van der Waals surface area (Å²) >= 11 is 3.89. The van der Waals surface area contributed by atoms with Crippen LogP contribution in [0.1, 0.15) is 5.56 Å². The van der Waals surface area contributed by atoms with Crippen molar-refractivity contribution < 1.29 is 19.5 Å². The van der Waals surface area contributed by atoms with E-state index in [-0.39, 0.29) is 18.0 Å². The summed E-state index contributed by atoms with van der Waals surface area (Å²) in [7, 11) is 0. The summed E-state index contributed by atoms with van der Waals surface area (Å²) in [6, 6.07) is 8.49. The van der Waals surface area contributed by atoms with Crippen LogP contribution < -0.4 is 11.1 Å². The Morgan fingerprint density at radius 1 is 1.34 bits per heavy atom. The number of carboxylic acids is 1. The first-order valence-corrected chi connectivity index (χ1v) is 11.3. The van der Waals surface area contributed by atoms with Crippen LogP contribution in [0, 0.1) is 0 Å². The monoisotopic (exact) mass is 448 g/mol. The lowest BCUT2D eigenvalue weighted by atomic mass is 10.0. The molecule has 1 aromatic heterocycles. The number of nitrogens with zero attached hydrogens (tertiary/aromatic N) is 2. The largest absolute Gasteiger partial charge is 0.477 e. The van der Waals surface area contributed by atoms with Gasteiger partial charge in [-0.2, -0.15) is 0 Å². The Hall–Kier alpha value is -2.50. The summed E-state index contributed by atoms with van der Waals surface area (Å²) in [6.45, 7) is 0. The molecule has 4 rings (SSSR count). The van der Waals surface area contributed by atoms with Crippen molar-refractivity contribution in [2.75, 3.05) is 11.5 Å². The number of carboxylic acid groups (broad SMARTS) is 1. The van der Waals surface area contributed by atoms with Crippen molar-refractivity contribution >= 4 is 57.6 Å². The number of fused-ring (bicyclic) bond motifs is 1. The minimum absolute atomic E-state index is 0.0499. The lowest BCUT2D eigenvalue weighted by Gasteiger charge is -2.49. The molecule has 2 amide bonds. The number of aliphatic carboxylic acids is 1. The highest BCUT2D eigenvalue weighted by Crippen LogP contribution is 2.45. The molecular formula is C18H16N4O4S3. The van der Waals surface area contributed by atoms with E-state index in [9.17, 15) is 19.5 Å². The maximum Gasteiger partial charge on any atom is 0.353 e. The Morgan fingerprint density at radius 2 is 2.10 bits per heavy atom. The molecule has 29 heavy (non-hydrogen) atoms. The van der Waals surface area contributed by atoms with E-state index in [0.29, 0.717) is 20.0 Å². The Morgan fingerprint density at radius 3 is 2.76 bits per heavy atom. The first-order valence-electron chi connectivity index (χ1n) is 8.57. The highest BCUT2D eigenvalue weighted by atomic mass is 32.2. The van der Waals surface area contributed by atoms with Gasteiger partial charge in [-0.15, -0.1) is 11.8 Å². The fourth-order valence-corrected chi connectivity index (χ4v) is 6.50. The summed E-state index contributed by atoms with van der Waals surface area (Å²) in [5.74, 6) is -1.46. The third-order valence-corrected chi connectivity index (χ3v) is 7.82. The molecule has 150 valence electrons. The molecule has 2 aromatic rings. The molecule has 0 bridgehead atoms. The number of nitrogens with one attached hydrogen (secondary N) is 1. The molecule has 2 aliphatic rings. The van der Waals surface area contributed by atoms with Gasteiger partial charge in [0.2, 0.25) is 5.91 Å². The van der Waals surface area contributed by atoms with E-state index >= 15 is 0 Å². The molecule has 11 heteroatoms. The van der Waals surface area contributed by atoms with Gasteiger partial charge < -0.3 is 16.2 Å². The lowest BCUT2D eigenvalue weighted by molar-refractivity contribution is -0.150. The van der Waals surface area contributed by atoms with E-state index in [1.807, 2.05) is 30.3 Å². The van der Waals surface area contributed by atoms with Crippen molar-refractivity contribution in [3.63, 3.8) is 0 Å². The molecule has 0 radical (unpaired) electrons. The maximum atomic E-state index is 12.7. The summed E-state index contributed by atoms with van der Waals surface area (Å²) in [5, 5.41) is 12.5. The smallest absolute Gasteiger partial charge is 0.353 e. The van der Waals surface area contributed by atoms with E-state index in [4.69, 9.17) is 5.73 Å². The number of hydrogen-bond donors (Lipinski definition) is 3. The van der Waals surface area contributed by atoms with Gasteiger partial charge in [-0.25, -0.2) is 9.78 Å². The molecule has 1 saturated heterocycles. The second-order valence-electron chi connectivity index (χ2n) is 6.32. The van der Waals surface area contributed by atoms with Gasteiger partial charge in [0, 0.05) is 10.7 Å². The van der Waals surface area contributed by atoms with Crippen LogP contribution >= 0.6 is 34.9 Å². The highest BCUT2D eigenvalue weighted by Gasteiger charge is 2.54. The number of hydrogen-bond acceptors (Lipinski definition) is 8. The second kappa shape index (κ2) is 8.09. The predicted molar refractivity (Wildman–Crippen MR) is 112 cm³/mol. The summed E-state index contributed by atoms with van der Waals surface area (Å²) in [4.78, 5) is 42.8. The van der Waals surface area contributed by atoms with Crippen LogP contribution in [0.15, 0.2) is 51.5 Å². The fraction of sp³-hybridized carbons (Fsp3) is 0.222. The summed E-state index contributed by atoms with van der Waals surface area (Å²) in [6.07, 6.45) is 1.68. The molecule has 8 nitrogen and oxygen atoms in total. The minimum Gasteiger partial charge on any atom is -0.477 e. The van der Waals surface area contributed by atoms with Crippen LogP contribution in [0.5, 0.6) is 0 Å². The lowest BCUT2D eigenvalue weighted by Crippen LogP contribution is -2.70. The number of nitrogen functional groups attached to an aromatic ring is 1. The molecule has 0 saturated carbocycles. The molecule has 0 unspecified atom stereocenters. The zero-order chi connectivity index (χ0) is 20.5. The number of β-lactam (4-membered cyclic amide) rings is 1. The quantitative estimate of drug-likeness (QED) is 0.571. The van der Waals surface area contributed by atoms with Gasteiger partial charge in [-0.05, 0) is 5.56 Å². The van der Waals surface area contributed by atoms with Crippen LogP contribution in [-0.4, -0.2) is 49.9 Å². The van der Waals surface area contributed by atoms with Crippen LogP contribution in [0.2, 0.25) is 0 Å². The number of amides is 2. The van der Waals surface area contributed by atoms with Gasteiger partial charge >= 0.3 is 5.97 Å². The molecule has 1 aromatic carbocycles. The topological polar surface area (TPSA) is 126 Å². The van der Waals surface area contributed by atoms with Gasteiger partial charge in [0.1, 0.15) is 22.1 Å². The SMILES string of the molecule is Nc1cnc(SC2=C(C(=O)O)N3C(=O)[C@@H](NC(=O)Cc4ccccc4)[C@@H]3SC2)s1. The van der Waals surface area contributed by atoms with Crippen LogP contribution in [0.4, 0.5) is 5.00 Å². The summed E-state index contributed by atoms with van der Waals surface area (Å²) < 4.78 is 0.621. The summed E-state index contributed by atoms with van der Waals surface area (Å²) in [5.41, 5.74) is 6.48. The fourth-order valence-electron chi connectivity index (χ4n) is 3.10. The molecule has 2 aliphatic heterocycles. The van der Waals surface area contributed by atoms with E-state index in [1.165, 1.54) is 46.0 Å². The van der Waals surface area contributed by atoms with Gasteiger partial charge in [-0.1, -0.05) is 53.4 Å². The van der Waals surface area contributed by atoms with Crippen molar-refractivity contribution in [1.82, 2.24) is 15.2 Å². The highest BCUT2D eigenvalue weighted by molar-refractivity contribution is 8.07. The van der Waals surface area contributed by atoms with E-state index in [0.717, 1.165) is 5.56 Å². The number of carbonyl (C=O) groups is 3. The van der Waals surface area contributed by atoms with Crippen molar-refractivity contribution in [2.24, 2.45) is 0 Å². The third-order valence-electron chi connectivity index (χ3n) is 4.37. The first-order chi connectivity index (χ1) is 13.9. The number of thiazole rings is 1. The minimum atomic E-state index is -1.18. The van der Waals surface area contributed by atoms with Crippen molar-refractivity contribution in [1.29, 1.82) is 0 Å². The Labute approximate surface area is 178 Å². The number of aromatic nitrogens is 1. The Kier molecular flexibility index (Phi) is 5.52. The van der Waals surface area contributed by atoms with E-state index < -0.39 is 23.3 Å². The van der Waals surface area contributed by atoms with E-state index in [1.54, 1.807) is 0 Å². The zero-order valence-electron chi connectivity index (χ0n) is 14.9. The molecule has 4 N–H and O–H groups in total. The van der Waals surface area contributed by atoms with E-state index in [2.05, 4.69) is 10.3 Å². The molecule has 1 fully saturated rings. The number of anilines is 1. The number of nitrogens with two attached hydrogens (primary N) is 1. The van der Waals surface area contributed by atoms with Crippen molar-refractivity contribution in [3.05, 3.63) is 52.7 Å². The van der Waals surface area contributed by atoms with Crippen LogP contribution in [0.25, 0.3) is 0 Å². The molecule has 0 spiro atoms. The number of carbonyl (C=O) groups excluding carboxylic acids is 2. The normalized spacial score (nSPS) is 20.8. The Bertz CT molecular complexity index is 1010. The third kappa shape index (κ3) is 3.98. The van der Waals surface area contributed by atoms with Crippen LogP contribution in [0.3, 0.4) is 0 Å². The second-order valence-corrected chi connectivity index (χ2v) is 9.83. The Balaban J connectivity index is 1.47. The number of thioether (sulfide) groups is 2. The molecular weight excluding hydrogens is 432 g/mol. The first kappa shape index (κ1) is 19.8. The number of rotatable bonds is 6. The zero-order valence-corrected chi connectivity index (χ0v) is 17.4. The van der Waals surface area contributed by atoms with Crippen molar-refractivity contribution in [3.8, 4) is 0 Å². The predicted octanol–water partition coefficient (Wildman–Crippen LogP) is 1.76. The van der Waals surface area contributed by atoms with Crippen LogP contribution in [-0.2, 0) is 20.8 Å². The van der Waals surface area contributed by atoms with Gasteiger partial charge in [0.25, 0.3) is 5.91 Å². The average molecular weight is 449 g/mol. The molecule has 3 heterocycles. The van der Waals surface area contributed by atoms with Crippen molar-refractivity contribution in [2.45, 2.75) is 22.2 Å². The van der Waals surface area contributed by atoms with Gasteiger partial charge in [0.15, 0.2) is 4.34 Å². The van der Waals surface area contributed by atoms with Gasteiger partial charge in [-0.3, -0.25) is 14.5 Å². The maximum absolute atomic E-state index is 12.7. The molecule has 2 atom stereocenters. The molecule has 0 aliphatic carbocycles. The standard InChI is InChI=1S/C18H16N4O4S3/c19-11-7-20-18(29-11)28-10-8-27-16-13(15(24)22(16)14(10)17(25)26)21-12(23)6-9-4-2-1-3-5-9/h1-5,7,13,16H,6,8,19H2,(H,21,23)(H,25,26)/t13-,16+/m1/s1. The average Bonchev–Trinajstić information content (AvgIpc) is 3.11. The number of benzene rings is 1.